The number of hydrogen-bond acceptors (Lipinski definition) is 3. The van der Waals surface area contributed by atoms with Crippen LogP contribution in [0.5, 0.6) is 0 Å². The summed E-state index contributed by atoms with van der Waals surface area (Å²) in [5.41, 5.74) is 3.09. The van der Waals surface area contributed by atoms with Gasteiger partial charge in [0.25, 0.3) is 0 Å². The summed E-state index contributed by atoms with van der Waals surface area (Å²) in [7, 11) is 0. The first-order valence-corrected chi connectivity index (χ1v) is 10.3. The lowest BCUT2D eigenvalue weighted by Crippen LogP contribution is -2.35. The van der Waals surface area contributed by atoms with E-state index in [1.165, 1.54) is 16.5 Å². The molecule has 5 heteroatoms. The van der Waals surface area contributed by atoms with E-state index in [2.05, 4.69) is 39.9 Å². The summed E-state index contributed by atoms with van der Waals surface area (Å²) in [6.45, 7) is 5.07. The summed E-state index contributed by atoms with van der Waals surface area (Å²) >= 11 is 0. The summed E-state index contributed by atoms with van der Waals surface area (Å²) in [6, 6.07) is 20.3. The standard InChI is InChI=1S/C24H26N4O/c25-18-20-6-8-21(9-7-20)19-26-12-3-13-28(17-16-26)24(29)11-15-27-14-10-22-4-1-2-5-23(22)27/h1-2,4-10,14H,3,11-13,15-17,19H2. The molecule has 0 bridgehead atoms. The Morgan fingerprint density at radius 2 is 1.79 bits per heavy atom. The van der Waals surface area contributed by atoms with Crippen molar-refractivity contribution in [3.05, 3.63) is 71.9 Å². The normalized spacial score (nSPS) is 15.2. The van der Waals surface area contributed by atoms with Crippen LogP contribution >= 0.6 is 0 Å². The Morgan fingerprint density at radius 1 is 0.966 bits per heavy atom. The maximum absolute atomic E-state index is 12.8. The highest BCUT2D eigenvalue weighted by atomic mass is 16.2. The van der Waals surface area contributed by atoms with E-state index >= 15 is 0 Å². The van der Waals surface area contributed by atoms with Gasteiger partial charge < -0.3 is 9.47 Å². The van der Waals surface area contributed by atoms with Gasteiger partial charge in [-0.1, -0.05) is 30.3 Å². The summed E-state index contributed by atoms with van der Waals surface area (Å²) < 4.78 is 2.17. The van der Waals surface area contributed by atoms with Gasteiger partial charge in [0.2, 0.25) is 5.91 Å². The minimum Gasteiger partial charge on any atom is -0.347 e. The second kappa shape index (κ2) is 8.93. The predicted molar refractivity (Wildman–Crippen MR) is 114 cm³/mol. The van der Waals surface area contributed by atoms with Gasteiger partial charge in [0, 0.05) is 57.4 Å². The Labute approximate surface area is 171 Å². The van der Waals surface area contributed by atoms with Crippen LogP contribution in [-0.4, -0.2) is 46.5 Å². The molecule has 0 radical (unpaired) electrons. The molecule has 2 aromatic carbocycles. The molecule has 0 atom stereocenters. The SMILES string of the molecule is N#Cc1ccc(CN2CCCN(C(=O)CCn3ccc4ccccc43)CC2)cc1. The minimum atomic E-state index is 0.239. The topological polar surface area (TPSA) is 52.3 Å². The molecule has 1 saturated heterocycles. The van der Waals surface area contributed by atoms with Crippen molar-refractivity contribution >= 4 is 16.8 Å². The maximum atomic E-state index is 12.8. The van der Waals surface area contributed by atoms with Crippen LogP contribution in [0.2, 0.25) is 0 Å². The van der Waals surface area contributed by atoms with Crippen molar-refractivity contribution in [1.82, 2.24) is 14.4 Å². The van der Waals surface area contributed by atoms with E-state index in [9.17, 15) is 4.79 Å². The molecule has 0 aliphatic carbocycles. The van der Waals surface area contributed by atoms with E-state index in [1.54, 1.807) is 0 Å². The van der Waals surface area contributed by atoms with Crippen LogP contribution in [0.1, 0.15) is 24.0 Å². The quantitative estimate of drug-likeness (QED) is 0.673. The zero-order valence-electron chi connectivity index (χ0n) is 16.6. The molecule has 0 spiro atoms. The number of benzene rings is 2. The molecule has 1 fully saturated rings. The molecule has 5 nitrogen and oxygen atoms in total. The van der Waals surface area contributed by atoms with E-state index in [0.29, 0.717) is 12.0 Å². The smallest absolute Gasteiger partial charge is 0.224 e. The Balaban J connectivity index is 1.29. The fraction of sp³-hybridized carbons (Fsp3) is 0.333. The van der Waals surface area contributed by atoms with Crippen LogP contribution in [0, 0.1) is 11.3 Å². The number of fused-ring (bicyclic) bond motifs is 1. The highest BCUT2D eigenvalue weighted by molar-refractivity contribution is 5.80. The second-order valence-corrected chi connectivity index (χ2v) is 7.64. The number of hydrogen-bond donors (Lipinski definition) is 0. The van der Waals surface area contributed by atoms with E-state index < -0.39 is 0 Å². The Bertz CT molecular complexity index is 1020. The third-order valence-corrected chi connectivity index (χ3v) is 5.68. The average molecular weight is 386 g/mol. The van der Waals surface area contributed by atoms with Crippen molar-refractivity contribution in [2.75, 3.05) is 26.2 Å². The van der Waals surface area contributed by atoms with Crippen molar-refractivity contribution in [3.63, 3.8) is 0 Å². The number of carbonyl (C=O) groups excluding carboxylic acids is 1. The van der Waals surface area contributed by atoms with E-state index in [0.717, 1.165) is 45.7 Å². The number of para-hydroxylation sites is 1. The monoisotopic (exact) mass is 386 g/mol. The average Bonchev–Trinajstić information content (AvgIpc) is 3.03. The maximum Gasteiger partial charge on any atom is 0.224 e. The van der Waals surface area contributed by atoms with Crippen molar-refractivity contribution in [1.29, 1.82) is 5.26 Å². The molecule has 0 N–H and O–H groups in total. The van der Waals surface area contributed by atoms with Gasteiger partial charge in [-0.25, -0.2) is 0 Å². The largest absolute Gasteiger partial charge is 0.347 e. The third kappa shape index (κ3) is 4.67. The van der Waals surface area contributed by atoms with E-state index in [4.69, 9.17) is 5.26 Å². The highest BCUT2D eigenvalue weighted by Crippen LogP contribution is 2.16. The van der Waals surface area contributed by atoms with E-state index in [1.807, 2.05) is 41.3 Å². The number of aryl methyl sites for hydroxylation is 1. The Hall–Kier alpha value is -3.10. The molecule has 1 aliphatic heterocycles. The van der Waals surface area contributed by atoms with Crippen LogP contribution in [0.25, 0.3) is 10.9 Å². The van der Waals surface area contributed by atoms with Crippen LogP contribution in [0.15, 0.2) is 60.8 Å². The van der Waals surface area contributed by atoms with Crippen molar-refractivity contribution in [2.24, 2.45) is 0 Å². The number of nitriles is 1. The molecule has 3 aromatic rings. The summed E-state index contributed by atoms with van der Waals surface area (Å²) in [6.07, 6.45) is 3.60. The van der Waals surface area contributed by atoms with Gasteiger partial charge in [-0.15, -0.1) is 0 Å². The summed E-state index contributed by atoms with van der Waals surface area (Å²) in [5, 5.41) is 10.1. The van der Waals surface area contributed by atoms with Gasteiger partial charge in [0.15, 0.2) is 0 Å². The first-order chi connectivity index (χ1) is 14.2. The molecule has 1 amide bonds. The lowest BCUT2D eigenvalue weighted by Gasteiger charge is -2.22. The van der Waals surface area contributed by atoms with Gasteiger partial charge in [-0.05, 0) is 41.6 Å². The number of amides is 1. The zero-order chi connectivity index (χ0) is 20.1. The van der Waals surface area contributed by atoms with Crippen molar-refractivity contribution in [2.45, 2.75) is 25.9 Å². The molecule has 4 rings (SSSR count). The van der Waals surface area contributed by atoms with Crippen LogP contribution in [-0.2, 0) is 17.9 Å². The predicted octanol–water partition coefficient (Wildman–Crippen LogP) is 3.64. The number of aromatic nitrogens is 1. The van der Waals surface area contributed by atoms with Gasteiger partial charge in [-0.3, -0.25) is 9.69 Å². The first-order valence-electron chi connectivity index (χ1n) is 10.3. The van der Waals surface area contributed by atoms with Gasteiger partial charge in [-0.2, -0.15) is 5.26 Å². The minimum absolute atomic E-state index is 0.239. The lowest BCUT2D eigenvalue weighted by atomic mass is 10.1. The van der Waals surface area contributed by atoms with Crippen LogP contribution < -0.4 is 0 Å². The second-order valence-electron chi connectivity index (χ2n) is 7.64. The van der Waals surface area contributed by atoms with Crippen LogP contribution in [0.4, 0.5) is 0 Å². The molecule has 1 aliphatic rings. The molecule has 0 saturated carbocycles. The molecule has 1 aromatic heterocycles. The van der Waals surface area contributed by atoms with Gasteiger partial charge in [0.05, 0.1) is 11.6 Å². The number of carbonyl (C=O) groups is 1. The van der Waals surface area contributed by atoms with Gasteiger partial charge >= 0.3 is 0 Å². The third-order valence-electron chi connectivity index (χ3n) is 5.68. The Morgan fingerprint density at radius 3 is 2.62 bits per heavy atom. The zero-order valence-corrected chi connectivity index (χ0v) is 16.6. The molecule has 0 unspecified atom stereocenters. The molecule has 29 heavy (non-hydrogen) atoms. The molecule has 148 valence electrons. The summed E-state index contributed by atoms with van der Waals surface area (Å²) in [4.78, 5) is 17.2. The molecular formula is C24H26N4O. The fourth-order valence-electron chi connectivity index (χ4n) is 4.03. The van der Waals surface area contributed by atoms with Crippen molar-refractivity contribution in [3.8, 4) is 6.07 Å². The summed E-state index contributed by atoms with van der Waals surface area (Å²) in [5.74, 6) is 0.239. The van der Waals surface area contributed by atoms with E-state index in [-0.39, 0.29) is 5.91 Å². The fourth-order valence-corrected chi connectivity index (χ4v) is 4.03. The number of nitrogens with zero attached hydrogens (tertiary/aromatic N) is 4. The molecular weight excluding hydrogens is 360 g/mol. The number of rotatable bonds is 5. The molecule has 2 heterocycles. The lowest BCUT2D eigenvalue weighted by molar-refractivity contribution is -0.131. The van der Waals surface area contributed by atoms with Crippen LogP contribution in [0.3, 0.4) is 0 Å². The van der Waals surface area contributed by atoms with Crippen molar-refractivity contribution < 1.29 is 4.79 Å². The first kappa shape index (κ1) is 19.2. The Kier molecular flexibility index (Phi) is 5.92. The van der Waals surface area contributed by atoms with Gasteiger partial charge in [0.1, 0.15) is 0 Å². The highest BCUT2D eigenvalue weighted by Gasteiger charge is 2.19.